The zero-order chi connectivity index (χ0) is 12.3. The number of carbonyl (C=O) groups excluding carboxylic acids is 1. The molecular formula is C11H14N2O3. The number of anilines is 1. The first-order valence-electron chi connectivity index (χ1n) is 5.01. The van der Waals surface area contributed by atoms with Crippen LogP contribution in [0.25, 0.3) is 0 Å². The zero-order valence-corrected chi connectivity index (χ0v) is 9.53. The molecule has 1 N–H and O–H groups in total. The molecule has 0 aliphatic heterocycles. The predicted molar refractivity (Wildman–Crippen MR) is 61.5 cm³/mol. The van der Waals surface area contributed by atoms with Gasteiger partial charge in [-0.2, -0.15) is 0 Å². The van der Waals surface area contributed by atoms with Crippen LogP contribution in [-0.4, -0.2) is 10.8 Å². The maximum Gasteiger partial charge on any atom is 0.274 e. The van der Waals surface area contributed by atoms with E-state index in [1.165, 1.54) is 6.07 Å². The second-order valence-electron chi connectivity index (χ2n) is 3.61. The second-order valence-corrected chi connectivity index (χ2v) is 3.61. The van der Waals surface area contributed by atoms with Crippen molar-refractivity contribution in [2.45, 2.75) is 27.2 Å². The van der Waals surface area contributed by atoms with E-state index in [0.29, 0.717) is 17.7 Å². The van der Waals surface area contributed by atoms with Crippen LogP contribution in [0, 0.1) is 24.0 Å². The van der Waals surface area contributed by atoms with Gasteiger partial charge in [0.1, 0.15) is 0 Å². The number of nitrogens with zero attached hydrogens (tertiary/aromatic N) is 1. The average molecular weight is 222 g/mol. The summed E-state index contributed by atoms with van der Waals surface area (Å²) in [4.78, 5) is 21.5. The van der Waals surface area contributed by atoms with E-state index in [4.69, 9.17) is 0 Å². The van der Waals surface area contributed by atoms with E-state index in [1.807, 2.05) is 6.92 Å². The van der Waals surface area contributed by atoms with Crippen molar-refractivity contribution < 1.29 is 9.72 Å². The minimum atomic E-state index is -0.448. The average Bonchev–Trinajstić information content (AvgIpc) is 2.21. The van der Waals surface area contributed by atoms with Crippen LogP contribution in [0.15, 0.2) is 12.1 Å². The zero-order valence-electron chi connectivity index (χ0n) is 9.53. The van der Waals surface area contributed by atoms with Gasteiger partial charge in [0.05, 0.1) is 10.6 Å². The molecule has 16 heavy (non-hydrogen) atoms. The molecule has 86 valence electrons. The molecule has 1 aromatic carbocycles. The number of amides is 1. The maximum absolute atomic E-state index is 11.2. The molecule has 1 rings (SSSR count). The Labute approximate surface area is 93.6 Å². The quantitative estimate of drug-likeness (QED) is 0.631. The number of carbonyl (C=O) groups is 1. The van der Waals surface area contributed by atoms with Crippen molar-refractivity contribution in [2.24, 2.45) is 0 Å². The van der Waals surface area contributed by atoms with E-state index in [2.05, 4.69) is 5.32 Å². The van der Waals surface area contributed by atoms with Gasteiger partial charge in [-0.15, -0.1) is 0 Å². The Hall–Kier alpha value is -1.91. The first-order valence-corrected chi connectivity index (χ1v) is 5.01. The van der Waals surface area contributed by atoms with E-state index in [-0.39, 0.29) is 11.6 Å². The lowest BCUT2D eigenvalue weighted by atomic mass is 10.1. The third-order valence-corrected chi connectivity index (χ3v) is 2.33. The van der Waals surface area contributed by atoms with Gasteiger partial charge < -0.3 is 5.32 Å². The highest BCUT2D eigenvalue weighted by Gasteiger charge is 2.14. The van der Waals surface area contributed by atoms with Crippen LogP contribution in [0.4, 0.5) is 11.4 Å². The van der Waals surface area contributed by atoms with Crippen molar-refractivity contribution in [1.82, 2.24) is 0 Å². The molecule has 1 amide bonds. The summed E-state index contributed by atoms with van der Waals surface area (Å²) >= 11 is 0. The lowest BCUT2D eigenvalue weighted by Crippen LogP contribution is -2.11. The van der Waals surface area contributed by atoms with Gasteiger partial charge in [0.2, 0.25) is 5.91 Å². The number of hydrogen-bond acceptors (Lipinski definition) is 3. The minimum Gasteiger partial charge on any atom is -0.326 e. The number of nitrogens with one attached hydrogen (secondary N) is 1. The number of nitro groups is 1. The molecule has 0 aliphatic carbocycles. The molecule has 0 fully saturated rings. The Morgan fingerprint density at radius 2 is 2.00 bits per heavy atom. The highest BCUT2D eigenvalue weighted by molar-refractivity contribution is 5.91. The Morgan fingerprint density at radius 1 is 1.38 bits per heavy atom. The largest absolute Gasteiger partial charge is 0.326 e. The second kappa shape index (κ2) is 4.74. The van der Waals surface area contributed by atoms with Gasteiger partial charge in [-0.1, -0.05) is 6.92 Å². The summed E-state index contributed by atoms with van der Waals surface area (Å²) in [5.41, 5.74) is 1.95. The molecule has 0 aliphatic rings. The van der Waals surface area contributed by atoms with Crippen LogP contribution in [-0.2, 0) is 4.79 Å². The lowest BCUT2D eigenvalue weighted by Gasteiger charge is -2.08. The van der Waals surface area contributed by atoms with Gasteiger partial charge in [-0.3, -0.25) is 14.9 Å². The first kappa shape index (κ1) is 12.2. The van der Waals surface area contributed by atoms with E-state index in [0.717, 1.165) is 5.56 Å². The normalized spacial score (nSPS) is 9.94. The van der Waals surface area contributed by atoms with Crippen LogP contribution in [0.1, 0.15) is 24.5 Å². The van der Waals surface area contributed by atoms with Crippen LogP contribution in [0.2, 0.25) is 0 Å². The van der Waals surface area contributed by atoms with E-state index >= 15 is 0 Å². The van der Waals surface area contributed by atoms with Gasteiger partial charge in [-0.05, 0) is 25.5 Å². The molecule has 0 bridgehead atoms. The number of aryl methyl sites for hydroxylation is 2. The van der Waals surface area contributed by atoms with Gasteiger partial charge in [0, 0.05) is 18.1 Å². The van der Waals surface area contributed by atoms with E-state index < -0.39 is 4.92 Å². The molecule has 5 nitrogen and oxygen atoms in total. The van der Waals surface area contributed by atoms with Crippen LogP contribution in [0.3, 0.4) is 0 Å². The molecule has 0 aromatic heterocycles. The molecular weight excluding hydrogens is 208 g/mol. The minimum absolute atomic E-state index is 0.0250. The highest BCUT2D eigenvalue weighted by atomic mass is 16.6. The van der Waals surface area contributed by atoms with Crippen molar-refractivity contribution in [3.05, 3.63) is 33.4 Å². The summed E-state index contributed by atoms with van der Waals surface area (Å²) in [6, 6.07) is 3.10. The number of hydrogen-bond donors (Lipinski definition) is 1. The van der Waals surface area contributed by atoms with Crippen LogP contribution < -0.4 is 5.32 Å². The molecule has 5 heteroatoms. The third kappa shape index (κ3) is 2.56. The number of benzene rings is 1. The summed E-state index contributed by atoms with van der Waals surface area (Å²) in [5, 5.41) is 13.4. The fourth-order valence-electron chi connectivity index (χ4n) is 1.41. The molecule has 0 saturated carbocycles. The number of nitro benzene ring substituents is 1. The van der Waals surface area contributed by atoms with Gasteiger partial charge in [-0.25, -0.2) is 0 Å². The molecule has 1 aromatic rings. The van der Waals surface area contributed by atoms with Gasteiger partial charge >= 0.3 is 0 Å². The fraction of sp³-hybridized carbons (Fsp3) is 0.364. The highest BCUT2D eigenvalue weighted by Crippen LogP contribution is 2.26. The first-order chi connectivity index (χ1) is 7.45. The van der Waals surface area contributed by atoms with Crippen molar-refractivity contribution in [2.75, 3.05) is 5.32 Å². The van der Waals surface area contributed by atoms with Crippen molar-refractivity contribution in [3.63, 3.8) is 0 Å². The lowest BCUT2D eigenvalue weighted by molar-refractivity contribution is -0.385. The Kier molecular flexibility index (Phi) is 3.60. The summed E-state index contributed by atoms with van der Waals surface area (Å²) in [6.07, 6.45) is 0.348. The summed E-state index contributed by atoms with van der Waals surface area (Å²) in [7, 11) is 0. The van der Waals surface area contributed by atoms with Crippen LogP contribution in [0.5, 0.6) is 0 Å². The van der Waals surface area contributed by atoms with Gasteiger partial charge in [0.15, 0.2) is 0 Å². The molecule has 0 spiro atoms. The van der Waals surface area contributed by atoms with E-state index in [1.54, 1.807) is 19.9 Å². The van der Waals surface area contributed by atoms with Crippen molar-refractivity contribution >= 4 is 17.3 Å². The third-order valence-electron chi connectivity index (χ3n) is 2.33. The summed E-state index contributed by atoms with van der Waals surface area (Å²) < 4.78 is 0. The molecule has 0 heterocycles. The molecule has 0 unspecified atom stereocenters. The Bertz CT molecular complexity index is 441. The van der Waals surface area contributed by atoms with Crippen molar-refractivity contribution in [1.29, 1.82) is 0 Å². The molecule has 0 saturated heterocycles. The molecule has 0 atom stereocenters. The summed E-state index contributed by atoms with van der Waals surface area (Å²) in [6.45, 7) is 5.21. The fourth-order valence-corrected chi connectivity index (χ4v) is 1.41. The SMILES string of the molecule is CCC(=O)Nc1cc([N+](=O)[O-])c(C)cc1C. The molecule has 0 radical (unpaired) electrons. The smallest absolute Gasteiger partial charge is 0.274 e. The summed E-state index contributed by atoms with van der Waals surface area (Å²) in [5.74, 6) is -0.152. The van der Waals surface area contributed by atoms with Gasteiger partial charge in [0.25, 0.3) is 5.69 Å². The Balaban J connectivity index is 3.14. The maximum atomic E-state index is 11.2. The topological polar surface area (TPSA) is 72.2 Å². The Morgan fingerprint density at radius 3 is 2.50 bits per heavy atom. The predicted octanol–water partition coefficient (Wildman–Crippen LogP) is 2.56. The van der Waals surface area contributed by atoms with Crippen LogP contribution >= 0.6 is 0 Å². The number of rotatable bonds is 3. The van der Waals surface area contributed by atoms with E-state index in [9.17, 15) is 14.9 Å². The monoisotopic (exact) mass is 222 g/mol. The van der Waals surface area contributed by atoms with Crippen molar-refractivity contribution in [3.8, 4) is 0 Å². The standard InChI is InChI=1S/C11H14N2O3/c1-4-11(14)12-9-6-10(13(15)16)8(3)5-7(9)2/h5-6H,4H2,1-3H3,(H,12,14).